The van der Waals surface area contributed by atoms with Gasteiger partial charge in [-0.2, -0.15) is 4.72 Å². The van der Waals surface area contributed by atoms with Gasteiger partial charge in [0.15, 0.2) is 0 Å². The highest BCUT2D eigenvalue weighted by Gasteiger charge is 2.29. The Morgan fingerprint density at radius 2 is 1.81 bits per heavy atom. The lowest BCUT2D eigenvalue weighted by molar-refractivity contribution is -0.123. The quantitative estimate of drug-likeness (QED) is 0.639. The van der Waals surface area contributed by atoms with Crippen LogP contribution in [0.4, 0.5) is 5.69 Å². The number of halogens is 1. The van der Waals surface area contributed by atoms with Gasteiger partial charge in [0.1, 0.15) is 6.04 Å². The van der Waals surface area contributed by atoms with E-state index in [9.17, 15) is 18.0 Å². The molecule has 1 aliphatic heterocycles. The van der Waals surface area contributed by atoms with Crippen molar-refractivity contribution in [1.29, 1.82) is 0 Å². The molecule has 1 unspecified atom stereocenters. The highest BCUT2D eigenvalue weighted by molar-refractivity contribution is 7.89. The summed E-state index contributed by atoms with van der Waals surface area (Å²) in [5.41, 5.74) is 2.41. The fourth-order valence-corrected chi connectivity index (χ4v) is 5.22. The number of carbonyl (C=O) groups excluding carboxylic acids is 2. The van der Waals surface area contributed by atoms with E-state index < -0.39 is 22.0 Å². The van der Waals surface area contributed by atoms with Gasteiger partial charge in [-0.1, -0.05) is 37.6 Å². The molecule has 0 aromatic heterocycles. The van der Waals surface area contributed by atoms with Crippen molar-refractivity contribution < 1.29 is 18.0 Å². The molecular formula is C23H28ClN3O4S. The van der Waals surface area contributed by atoms with Crippen LogP contribution in [0.5, 0.6) is 0 Å². The summed E-state index contributed by atoms with van der Waals surface area (Å²) < 4.78 is 28.7. The standard InChI is InChI=1S/C23H28ClN3O4S/c1-15(2)22(23(29)25-14-17-6-8-19(24)9-7-17)26-32(30,31)20-10-11-21-18(13-20)5-4-12-27(21)16(3)28/h6-11,13,15,22,26H,4-5,12,14H2,1-3H3,(H,25,29). The van der Waals surface area contributed by atoms with E-state index in [0.29, 0.717) is 18.0 Å². The zero-order valence-electron chi connectivity index (χ0n) is 18.4. The van der Waals surface area contributed by atoms with Crippen molar-refractivity contribution in [2.75, 3.05) is 11.4 Å². The van der Waals surface area contributed by atoms with Gasteiger partial charge in [-0.15, -0.1) is 0 Å². The smallest absolute Gasteiger partial charge is 0.241 e. The molecule has 0 bridgehead atoms. The van der Waals surface area contributed by atoms with Gasteiger partial charge >= 0.3 is 0 Å². The van der Waals surface area contributed by atoms with E-state index in [4.69, 9.17) is 11.6 Å². The van der Waals surface area contributed by atoms with Crippen molar-refractivity contribution in [2.24, 2.45) is 5.92 Å². The Morgan fingerprint density at radius 1 is 1.12 bits per heavy atom. The van der Waals surface area contributed by atoms with Crippen LogP contribution in [0.3, 0.4) is 0 Å². The molecule has 7 nitrogen and oxygen atoms in total. The van der Waals surface area contributed by atoms with Crippen molar-refractivity contribution in [3.8, 4) is 0 Å². The average molecular weight is 478 g/mol. The fraction of sp³-hybridized carbons (Fsp3) is 0.391. The number of hydrogen-bond donors (Lipinski definition) is 2. The van der Waals surface area contributed by atoms with Crippen LogP contribution in [0.15, 0.2) is 47.4 Å². The monoisotopic (exact) mass is 477 g/mol. The third-order valence-corrected chi connectivity index (χ3v) is 7.16. The number of carbonyl (C=O) groups is 2. The van der Waals surface area contributed by atoms with E-state index in [2.05, 4.69) is 10.0 Å². The summed E-state index contributed by atoms with van der Waals surface area (Å²) in [6.07, 6.45) is 1.46. The minimum absolute atomic E-state index is 0.0723. The van der Waals surface area contributed by atoms with Crippen molar-refractivity contribution in [3.63, 3.8) is 0 Å². The summed E-state index contributed by atoms with van der Waals surface area (Å²) in [7, 11) is -3.94. The molecule has 0 fully saturated rings. The summed E-state index contributed by atoms with van der Waals surface area (Å²) in [6, 6.07) is 10.9. The first-order valence-electron chi connectivity index (χ1n) is 10.5. The lowest BCUT2D eigenvalue weighted by Gasteiger charge is -2.29. The highest BCUT2D eigenvalue weighted by atomic mass is 35.5. The molecule has 2 amide bonds. The maximum atomic E-state index is 13.1. The second-order valence-electron chi connectivity index (χ2n) is 8.25. The van der Waals surface area contributed by atoms with Crippen molar-refractivity contribution in [1.82, 2.24) is 10.0 Å². The molecule has 0 spiro atoms. The number of benzene rings is 2. The second kappa shape index (κ2) is 10.0. The Kier molecular flexibility index (Phi) is 7.59. The molecule has 2 aromatic carbocycles. The number of nitrogens with one attached hydrogen (secondary N) is 2. The molecule has 1 heterocycles. The summed E-state index contributed by atoms with van der Waals surface area (Å²) in [6.45, 7) is 5.95. The highest BCUT2D eigenvalue weighted by Crippen LogP contribution is 2.29. The largest absolute Gasteiger partial charge is 0.351 e. The fourth-order valence-electron chi connectivity index (χ4n) is 3.70. The van der Waals surface area contributed by atoms with E-state index in [1.54, 1.807) is 55.1 Å². The lowest BCUT2D eigenvalue weighted by atomic mass is 10.0. The molecule has 0 saturated heterocycles. The number of amides is 2. The maximum Gasteiger partial charge on any atom is 0.241 e. The van der Waals surface area contributed by atoms with Crippen LogP contribution in [0.2, 0.25) is 5.02 Å². The molecule has 3 rings (SSSR count). The molecule has 0 saturated carbocycles. The predicted molar refractivity (Wildman–Crippen MR) is 125 cm³/mol. The Balaban J connectivity index is 1.75. The molecule has 1 aliphatic rings. The van der Waals surface area contributed by atoms with Crippen LogP contribution in [0.1, 0.15) is 38.3 Å². The van der Waals surface area contributed by atoms with Gasteiger partial charge in [0.25, 0.3) is 0 Å². The van der Waals surface area contributed by atoms with E-state index in [1.165, 1.54) is 13.0 Å². The summed E-state index contributed by atoms with van der Waals surface area (Å²) in [4.78, 5) is 26.4. The first kappa shape index (κ1) is 24.2. The molecule has 9 heteroatoms. The predicted octanol–water partition coefficient (Wildman–Crippen LogP) is 3.26. The Hall–Kier alpha value is -2.42. The van der Waals surface area contributed by atoms with Gasteiger partial charge in [0.2, 0.25) is 21.8 Å². The first-order chi connectivity index (χ1) is 15.1. The van der Waals surface area contributed by atoms with E-state index in [1.807, 2.05) is 0 Å². The van der Waals surface area contributed by atoms with Crippen LogP contribution < -0.4 is 14.9 Å². The Morgan fingerprint density at radius 3 is 2.44 bits per heavy atom. The first-order valence-corrected chi connectivity index (χ1v) is 12.4. The lowest BCUT2D eigenvalue weighted by Crippen LogP contribution is -2.49. The average Bonchev–Trinajstić information content (AvgIpc) is 2.75. The number of aryl methyl sites for hydroxylation is 1. The Bertz CT molecular complexity index is 1100. The summed E-state index contributed by atoms with van der Waals surface area (Å²) in [5.74, 6) is -0.739. The third-order valence-electron chi connectivity index (χ3n) is 5.47. The molecular weight excluding hydrogens is 450 g/mol. The van der Waals surface area contributed by atoms with Gasteiger partial charge < -0.3 is 10.2 Å². The normalized spacial score (nSPS) is 14.7. The molecule has 0 aliphatic carbocycles. The number of sulfonamides is 1. The van der Waals surface area contributed by atoms with E-state index in [0.717, 1.165) is 23.2 Å². The minimum Gasteiger partial charge on any atom is -0.351 e. The minimum atomic E-state index is -3.94. The summed E-state index contributed by atoms with van der Waals surface area (Å²) >= 11 is 5.88. The van der Waals surface area contributed by atoms with Crippen LogP contribution in [0, 0.1) is 5.92 Å². The topological polar surface area (TPSA) is 95.6 Å². The number of nitrogens with zero attached hydrogens (tertiary/aromatic N) is 1. The van der Waals surface area contributed by atoms with Gasteiger partial charge in [0, 0.05) is 30.7 Å². The number of fused-ring (bicyclic) bond motifs is 1. The maximum absolute atomic E-state index is 13.1. The van der Waals surface area contributed by atoms with Crippen molar-refractivity contribution in [2.45, 2.75) is 51.1 Å². The molecule has 0 radical (unpaired) electrons. The van der Waals surface area contributed by atoms with Crippen LogP contribution in [-0.2, 0) is 32.6 Å². The van der Waals surface area contributed by atoms with E-state index >= 15 is 0 Å². The third kappa shape index (κ3) is 5.68. The van der Waals surface area contributed by atoms with Crippen LogP contribution >= 0.6 is 11.6 Å². The van der Waals surface area contributed by atoms with Crippen LogP contribution in [-0.4, -0.2) is 32.8 Å². The zero-order chi connectivity index (χ0) is 23.5. The molecule has 2 N–H and O–H groups in total. The molecule has 172 valence electrons. The van der Waals surface area contributed by atoms with E-state index in [-0.39, 0.29) is 23.3 Å². The van der Waals surface area contributed by atoms with Crippen molar-refractivity contribution in [3.05, 3.63) is 58.6 Å². The van der Waals surface area contributed by atoms with Crippen LogP contribution in [0.25, 0.3) is 0 Å². The van der Waals surface area contributed by atoms with Gasteiger partial charge in [-0.25, -0.2) is 8.42 Å². The number of rotatable bonds is 7. The van der Waals surface area contributed by atoms with Gasteiger partial charge in [0.05, 0.1) is 4.90 Å². The van der Waals surface area contributed by atoms with Gasteiger partial charge in [-0.3, -0.25) is 9.59 Å². The number of hydrogen-bond acceptors (Lipinski definition) is 4. The van der Waals surface area contributed by atoms with Crippen molar-refractivity contribution >= 4 is 39.1 Å². The summed E-state index contributed by atoms with van der Waals surface area (Å²) in [5, 5.41) is 3.39. The SMILES string of the molecule is CC(=O)N1CCCc2cc(S(=O)(=O)NC(C(=O)NCc3ccc(Cl)cc3)C(C)C)ccc21. The molecule has 32 heavy (non-hydrogen) atoms. The molecule has 1 atom stereocenters. The second-order valence-corrected chi connectivity index (χ2v) is 10.4. The Labute approximate surface area is 194 Å². The van der Waals surface area contributed by atoms with Gasteiger partial charge in [-0.05, 0) is 60.2 Å². The molecule has 2 aromatic rings. The zero-order valence-corrected chi connectivity index (χ0v) is 20.0. The number of anilines is 1.